The van der Waals surface area contributed by atoms with Gasteiger partial charge in [-0.3, -0.25) is 0 Å². The predicted octanol–water partition coefficient (Wildman–Crippen LogP) is 4.73. The van der Waals surface area contributed by atoms with Gasteiger partial charge < -0.3 is 4.90 Å². The highest BCUT2D eigenvalue weighted by molar-refractivity contribution is 5.84. The lowest BCUT2D eigenvalue weighted by molar-refractivity contribution is 0.354. The van der Waals surface area contributed by atoms with E-state index in [4.69, 9.17) is 0 Å². The summed E-state index contributed by atoms with van der Waals surface area (Å²) in [5.74, 6) is 0.391. The molecule has 0 heterocycles. The molecule has 0 aromatic heterocycles. The van der Waals surface area contributed by atoms with E-state index < -0.39 is 0 Å². The minimum atomic E-state index is 0.0832. The standard InChI is InChI=1S/C20H26N2/c1-5-16(14-21)19(10-11-22(3)4)20-13-18-9-7-6-8-17(18)12-15(20)2/h6-9,12-13,16,19H,5,10-11H2,1-4H3. The third kappa shape index (κ3) is 3.67. The molecule has 0 saturated heterocycles. The summed E-state index contributed by atoms with van der Waals surface area (Å²) in [6.45, 7) is 5.30. The summed E-state index contributed by atoms with van der Waals surface area (Å²) in [6.07, 6.45) is 1.93. The summed E-state index contributed by atoms with van der Waals surface area (Å²) >= 11 is 0. The third-order valence-electron chi connectivity index (χ3n) is 4.51. The molecule has 2 aromatic rings. The van der Waals surface area contributed by atoms with Crippen LogP contribution in [0.1, 0.15) is 36.8 Å². The fourth-order valence-electron chi connectivity index (χ4n) is 3.21. The Hall–Kier alpha value is -1.85. The Morgan fingerprint density at radius 2 is 1.77 bits per heavy atom. The average Bonchev–Trinajstić information content (AvgIpc) is 2.51. The van der Waals surface area contributed by atoms with Crippen molar-refractivity contribution < 1.29 is 0 Å². The van der Waals surface area contributed by atoms with Crippen LogP contribution >= 0.6 is 0 Å². The van der Waals surface area contributed by atoms with Crippen LogP contribution in [0.15, 0.2) is 36.4 Å². The van der Waals surface area contributed by atoms with Gasteiger partial charge in [-0.25, -0.2) is 0 Å². The average molecular weight is 294 g/mol. The van der Waals surface area contributed by atoms with E-state index in [-0.39, 0.29) is 5.92 Å². The van der Waals surface area contributed by atoms with Gasteiger partial charge in [0.25, 0.3) is 0 Å². The molecule has 0 N–H and O–H groups in total. The molecule has 0 aliphatic heterocycles. The smallest absolute Gasteiger partial charge is 0.0662 e. The zero-order valence-electron chi connectivity index (χ0n) is 14.1. The van der Waals surface area contributed by atoms with Gasteiger partial charge in [0.15, 0.2) is 0 Å². The van der Waals surface area contributed by atoms with Gasteiger partial charge in [0.2, 0.25) is 0 Å². The molecule has 0 aliphatic rings. The summed E-state index contributed by atoms with van der Waals surface area (Å²) < 4.78 is 0. The first-order valence-electron chi connectivity index (χ1n) is 8.10. The molecule has 22 heavy (non-hydrogen) atoms. The van der Waals surface area contributed by atoms with Gasteiger partial charge in [-0.15, -0.1) is 0 Å². The van der Waals surface area contributed by atoms with Gasteiger partial charge in [-0.2, -0.15) is 5.26 Å². The molecule has 116 valence electrons. The molecule has 0 saturated carbocycles. The number of hydrogen-bond acceptors (Lipinski definition) is 2. The molecule has 2 aromatic carbocycles. The maximum atomic E-state index is 9.56. The zero-order valence-corrected chi connectivity index (χ0v) is 14.1. The first-order chi connectivity index (χ1) is 10.6. The Morgan fingerprint density at radius 3 is 2.32 bits per heavy atom. The van der Waals surface area contributed by atoms with Crippen molar-refractivity contribution in [3.05, 3.63) is 47.5 Å². The van der Waals surface area contributed by atoms with Gasteiger partial charge in [-0.05, 0) is 62.3 Å². The summed E-state index contributed by atoms with van der Waals surface area (Å²) in [5, 5.41) is 12.1. The van der Waals surface area contributed by atoms with Crippen LogP contribution in [0, 0.1) is 24.2 Å². The molecule has 0 radical (unpaired) electrons. The van der Waals surface area contributed by atoms with Crippen LogP contribution in [0.3, 0.4) is 0 Å². The van der Waals surface area contributed by atoms with Crippen molar-refractivity contribution in [1.82, 2.24) is 4.90 Å². The Morgan fingerprint density at radius 1 is 1.14 bits per heavy atom. The number of nitrogens with zero attached hydrogens (tertiary/aromatic N) is 2. The quantitative estimate of drug-likeness (QED) is 0.770. The summed E-state index contributed by atoms with van der Waals surface area (Å²) in [7, 11) is 4.19. The summed E-state index contributed by atoms with van der Waals surface area (Å²) in [5.41, 5.74) is 2.64. The highest BCUT2D eigenvalue weighted by Gasteiger charge is 2.23. The first-order valence-corrected chi connectivity index (χ1v) is 8.10. The number of nitriles is 1. The van der Waals surface area contributed by atoms with Gasteiger partial charge in [0.1, 0.15) is 0 Å². The van der Waals surface area contributed by atoms with Crippen molar-refractivity contribution in [2.75, 3.05) is 20.6 Å². The van der Waals surface area contributed by atoms with E-state index in [0.717, 1.165) is 19.4 Å². The molecular weight excluding hydrogens is 268 g/mol. The molecule has 2 unspecified atom stereocenters. The van der Waals surface area contributed by atoms with E-state index in [1.807, 2.05) is 0 Å². The van der Waals surface area contributed by atoms with Crippen LogP contribution in [0.2, 0.25) is 0 Å². The molecule has 0 aliphatic carbocycles. The molecule has 0 amide bonds. The summed E-state index contributed by atoms with van der Waals surface area (Å²) in [6, 6.07) is 15.6. The number of rotatable bonds is 6. The lowest BCUT2D eigenvalue weighted by atomic mass is 9.80. The molecule has 2 nitrogen and oxygen atoms in total. The van der Waals surface area contributed by atoms with Gasteiger partial charge in [0, 0.05) is 5.92 Å². The third-order valence-corrected chi connectivity index (χ3v) is 4.51. The zero-order chi connectivity index (χ0) is 16.1. The normalized spacial score (nSPS) is 14.0. The van der Waals surface area contributed by atoms with E-state index in [0.29, 0.717) is 5.92 Å². The van der Waals surface area contributed by atoms with Crippen molar-refractivity contribution in [3.63, 3.8) is 0 Å². The van der Waals surface area contributed by atoms with Crippen LogP contribution in [-0.4, -0.2) is 25.5 Å². The monoisotopic (exact) mass is 294 g/mol. The van der Waals surface area contributed by atoms with Crippen molar-refractivity contribution >= 4 is 10.8 Å². The van der Waals surface area contributed by atoms with E-state index >= 15 is 0 Å². The number of benzene rings is 2. The second kappa shape index (κ2) is 7.42. The summed E-state index contributed by atoms with van der Waals surface area (Å²) in [4.78, 5) is 2.20. The highest BCUT2D eigenvalue weighted by atomic mass is 15.0. The molecule has 2 atom stereocenters. The number of aryl methyl sites for hydroxylation is 1. The Kier molecular flexibility index (Phi) is 5.57. The maximum absolute atomic E-state index is 9.56. The lowest BCUT2D eigenvalue weighted by Crippen LogP contribution is -2.20. The molecule has 0 bridgehead atoms. The molecular formula is C20H26N2. The fourth-order valence-corrected chi connectivity index (χ4v) is 3.21. The Bertz CT molecular complexity index is 667. The molecule has 2 rings (SSSR count). The maximum Gasteiger partial charge on any atom is 0.0662 e. The van der Waals surface area contributed by atoms with Crippen molar-refractivity contribution in [3.8, 4) is 6.07 Å². The fraction of sp³-hybridized carbons (Fsp3) is 0.450. The van der Waals surface area contributed by atoms with Crippen molar-refractivity contribution in [2.45, 2.75) is 32.6 Å². The van der Waals surface area contributed by atoms with E-state index in [1.165, 1.54) is 21.9 Å². The largest absolute Gasteiger partial charge is 0.309 e. The second-order valence-corrected chi connectivity index (χ2v) is 6.40. The second-order valence-electron chi connectivity index (χ2n) is 6.40. The van der Waals surface area contributed by atoms with Crippen molar-refractivity contribution in [2.24, 2.45) is 5.92 Å². The lowest BCUT2D eigenvalue weighted by Gasteiger charge is -2.25. The topological polar surface area (TPSA) is 27.0 Å². The predicted molar refractivity (Wildman–Crippen MR) is 94.0 cm³/mol. The van der Waals surface area contributed by atoms with E-state index in [1.54, 1.807) is 0 Å². The van der Waals surface area contributed by atoms with Gasteiger partial charge in [-0.1, -0.05) is 43.3 Å². The Labute approximate surface area is 134 Å². The first kappa shape index (κ1) is 16.5. The van der Waals surface area contributed by atoms with Gasteiger partial charge in [0.05, 0.1) is 12.0 Å². The van der Waals surface area contributed by atoms with Crippen LogP contribution in [0.5, 0.6) is 0 Å². The SMILES string of the molecule is CCC(C#N)C(CCN(C)C)c1cc2ccccc2cc1C. The number of hydrogen-bond donors (Lipinski definition) is 0. The molecule has 0 spiro atoms. The minimum Gasteiger partial charge on any atom is -0.309 e. The number of fused-ring (bicyclic) bond motifs is 1. The van der Waals surface area contributed by atoms with E-state index in [2.05, 4.69) is 75.3 Å². The van der Waals surface area contributed by atoms with Crippen LogP contribution in [0.25, 0.3) is 10.8 Å². The van der Waals surface area contributed by atoms with Gasteiger partial charge >= 0.3 is 0 Å². The molecule has 2 heteroatoms. The van der Waals surface area contributed by atoms with Crippen LogP contribution < -0.4 is 0 Å². The molecule has 0 fully saturated rings. The van der Waals surface area contributed by atoms with Crippen molar-refractivity contribution in [1.29, 1.82) is 5.26 Å². The highest BCUT2D eigenvalue weighted by Crippen LogP contribution is 2.34. The Balaban J connectivity index is 2.45. The van der Waals surface area contributed by atoms with Crippen LogP contribution in [0.4, 0.5) is 0 Å². The van der Waals surface area contributed by atoms with Crippen LogP contribution in [-0.2, 0) is 0 Å². The minimum absolute atomic E-state index is 0.0832. The van der Waals surface area contributed by atoms with E-state index in [9.17, 15) is 5.26 Å².